The molecular formula is C15H20ClNO2. The summed E-state index contributed by atoms with van der Waals surface area (Å²) in [5.41, 5.74) is 1.59. The van der Waals surface area contributed by atoms with Crippen molar-refractivity contribution in [3.05, 3.63) is 28.3 Å². The highest BCUT2D eigenvalue weighted by atomic mass is 35.5. The van der Waals surface area contributed by atoms with E-state index in [1.54, 1.807) is 13.2 Å². The molecule has 0 N–H and O–H groups in total. The van der Waals surface area contributed by atoms with E-state index < -0.39 is 0 Å². The number of carbonyl (C=O) groups excluding carboxylic acids is 1. The second kappa shape index (κ2) is 5.83. The molecule has 1 aliphatic heterocycles. The van der Waals surface area contributed by atoms with Crippen LogP contribution in [0.1, 0.15) is 35.7 Å². The van der Waals surface area contributed by atoms with Crippen molar-refractivity contribution in [1.82, 2.24) is 4.90 Å². The molecule has 3 nitrogen and oxygen atoms in total. The van der Waals surface area contributed by atoms with E-state index in [2.05, 4.69) is 6.92 Å². The first-order chi connectivity index (χ1) is 9.02. The Morgan fingerprint density at radius 1 is 1.47 bits per heavy atom. The van der Waals surface area contributed by atoms with E-state index in [1.807, 2.05) is 17.9 Å². The van der Waals surface area contributed by atoms with Crippen LogP contribution in [0.25, 0.3) is 0 Å². The largest absolute Gasteiger partial charge is 0.495 e. The molecule has 1 amide bonds. The monoisotopic (exact) mass is 281 g/mol. The van der Waals surface area contributed by atoms with E-state index in [0.717, 1.165) is 25.1 Å². The van der Waals surface area contributed by atoms with Crippen LogP contribution in [0.3, 0.4) is 0 Å². The number of methoxy groups -OCH3 is 1. The highest BCUT2D eigenvalue weighted by Gasteiger charge is 2.23. The molecule has 0 radical (unpaired) electrons. The smallest absolute Gasteiger partial charge is 0.254 e. The molecule has 1 heterocycles. The third-order valence-electron chi connectivity index (χ3n) is 3.67. The fourth-order valence-corrected chi connectivity index (χ4v) is 2.83. The lowest BCUT2D eigenvalue weighted by molar-refractivity contribution is 0.0682. The van der Waals surface area contributed by atoms with Crippen molar-refractivity contribution >= 4 is 17.5 Å². The number of nitrogens with zero attached hydrogens (tertiary/aromatic N) is 1. The summed E-state index contributed by atoms with van der Waals surface area (Å²) in [6, 6.07) is 3.54. The Hall–Kier alpha value is -1.22. The van der Waals surface area contributed by atoms with E-state index in [4.69, 9.17) is 16.3 Å². The first-order valence-corrected chi connectivity index (χ1v) is 7.04. The van der Waals surface area contributed by atoms with Crippen LogP contribution >= 0.6 is 11.6 Å². The molecule has 0 aromatic heterocycles. The summed E-state index contributed by atoms with van der Waals surface area (Å²) < 4.78 is 5.17. The Balaban J connectivity index is 2.26. The van der Waals surface area contributed by atoms with Crippen LogP contribution in [0.2, 0.25) is 5.02 Å². The van der Waals surface area contributed by atoms with E-state index in [0.29, 0.717) is 22.3 Å². The summed E-state index contributed by atoms with van der Waals surface area (Å²) in [4.78, 5) is 14.5. The van der Waals surface area contributed by atoms with Gasteiger partial charge in [0.1, 0.15) is 5.75 Å². The van der Waals surface area contributed by atoms with Crippen LogP contribution < -0.4 is 4.74 Å². The van der Waals surface area contributed by atoms with Crippen molar-refractivity contribution in [1.29, 1.82) is 0 Å². The maximum absolute atomic E-state index is 12.5. The summed E-state index contributed by atoms with van der Waals surface area (Å²) in [6.45, 7) is 5.78. The molecule has 19 heavy (non-hydrogen) atoms. The third-order valence-corrected chi connectivity index (χ3v) is 3.97. The Morgan fingerprint density at radius 3 is 2.84 bits per heavy atom. The maximum Gasteiger partial charge on any atom is 0.254 e. The zero-order chi connectivity index (χ0) is 14.0. The van der Waals surface area contributed by atoms with Crippen LogP contribution in [0.15, 0.2) is 12.1 Å². The zero-order valence-corrected chi connectivity index (χ0v) is 12.5. The molecule has 0 bridgehead atoms. The maximum atomic E-state index is 12.5. The molecule has 2 rings (SSSR count). The summed E-state index contributed by atoms with van der Waals surface area (Å²) >= 11 is 6.12. The Kier molecular flexibility index (Phi) is 4.35. The minimum atomic E-state index is 0.0774. The predicted octanol–water partition coefficient (Wildman–Crippen LogP) is 3.53. The molecular weight excluding hydrogens is 262 g/mol. The molecule has 1 saturated heterocycles. The van der Waals surface area contributed by atoms with Crippen molar-refractivity contribution in [2.24, 2.45) is 5.92 Å². The zero-order valence-electron chi connectivity index (χ0n) is 11.7. The van der Waals surface area contributed by atoms with Gasteiger partial charge in [-0.05, 0) is 43.4 Å². The van der Waals surface area contributed by atoms with Gasteiger partial charge < -0.3 is 9.64 Å². The fourth-order valence-electron chi connectivity index (χ4n) is 2.59. The highest BCUT2D eigenvalue weighted by Crippen LogP contribution is 2.29. The van der Waals surface area contributed by atoms with Gasteiger partial charge in [0.2, 0.25) is 0 Å². The number of benzene rings is 1. The Labute approximate surface area is 119 Å². The van der Waals surface area contributed by atoms with Gasteiger partial charge in [-0.3, -0.25) is 4.79 Å². The van der Waals surface area contributed by atoms with Crippen molar-refractivity contribution in [2.75, 3.05) is 20.2 Å². The Bertz CT molecular complexity index is 487. The second-order valence-electron chi connectivity index (χ2n) is 5.30. The van der Waals surface area contributed by atoms with E-state index in [9.17, 15) is 4.79 Å². The third kappa shape index (κ3) is 3.03. The van der Waals surface area contributed by atoms with Gasteiger partial charge in [-0.2, -0.15) is 0 Å². The number of ether oxygens (including phenoxy) is 1. The summed E-state index contributed by atoms with van der Waals surface area (Å²) in [5, 5.41) is 0.488. The standard InChI is InChI=1S/C15H20ClNO2/c1-10-5-4-6-17(9-10)15(18)12-8-13(16)14(19-3)7-11(12)2/h7-8,10H,4-6,9H2,1-3H3. The molecule has 1 aromatic carbocycles. The predicted molar refractivity (Wildman–Crippen MR) is 77.0 cm³/mol. The van der Waals surface area contributed by atoms with Gasteiger partial charge in [0.05, 0.1) is 12.1 Å². The number of halogens is 1. The van der Waals surface area contributed by atoms with Crippen molar-refractivity contribution in [3.63, 3.8) is 0 Å². The number of aryl methyl sites for hydroxylation is 1. The highest BCUT2D eigenvalue weighted by molar-refractivity contribution is 6.32. The summed E-state index contributed by atoms with van der Waals surface area (Å²) in [5.74, 6) is 1.27. The van der Waals surface area contributed by atoms with Crippen molar-refractivity contribution in [2.45, 2.75) is 26.7 Å². The van der Waals surface area contributed by atoms with Gasteiger partial charge in [0, 0.05) is 18.7 Å². The molecule has 0 saturated carbocycles. The van der Waals surface area contributed by atoms with Gasteiger partial charge in [-0.1, -0.05) is 18.5 Å². The molecule has 1 fully saturated rings. The Morgan fingerprint density at radius 2 is 2.21 bits per heavy atom. The van der Waals surface area contributed by atoms with Gasteiger partial charge in [0.25, 0.3) is 5.91 Å². The molecule has 1 aromatic rings. The van der Waals surface area contributed by atoms with Crippen LogP contribution in [0.4, 0.5) is 0 Å². The molecule has 0 spiro atoms. The van der Waals surface area contributed by atoms with E-state index >= 15 is 0 Å². The first kappa shape index (κ1) is 14.2. The number of piperidine rings is 1. The lowest BCUT2D eigenvalue weighted by atomic mass is 9.98. The molecule has 1 aliphatic rings. The lowest BCUT2D eigenvalue weighted by Crippen LogP contribution is -2.39. The quantitative estimate of drug-likeness (QED) is 0.830. The van der Waals surface area contributed by atoms with Gasteiger partial charge in [0.15, 0.2) is 0 Å². The van der Waals surface area contributed by atoms with Gasteiger partial charge >= 0.3 is 0 Å². The molecule has 1 unspecified atom stereocenters. The summed E-state index contributed by atoms with van der Waals surface area (Å²) in [6.07, 6.45) is 2.28. The second-order valence-corrected chi connectivity index (χ2v) is 5.71. The number of rotatable bonds is 2. The van der Waals surface area contributed by atoms with Gasteiger partial charge in [-0.25, -0.2) is 0 Å². The number of hydrogen-bond acceptors (Lipinski definition) is 2. The fraction of sp³-hybridized carbons (Fsp3) is 0.533. The number of likely N-dealkylation sites (tertiary alicyclic amines) is 1. The molecule has 0 aliphatic carbocycles. The van der Waals surface area contributed by atoms with Crippen LogP contribution in [0.5, 0.6) is 5.75 Å². The van der Waals surface area contributed by atoms with Crippen LogP contribution in [-0.2, 0) is 0 Å². The minimum absolute atomic E-state index is 0.0774. The topological polar surface area (TPSA) is 29.5 Å². The number of hydrogen-bond donors (Lipinski definition) is 0. The van der Waals surface area contributed by atoms with Crippen molar-refractivity contribution < 1.29 is 9.53 Å². The average Bonchev–Trinajstić information content (AvgIpc) is 2.40. The number of amides is 1. The van der Waals surface area contributed by atoms with Crippen LogP contribution in [-0.4, -0.2) is 31.0 Å². The van der Waals surface area contributed by atoms with Crippen LogP contribution in [0, 0.1) is 12.8 Å². The van der Waals surface area contributed by atoms with Gasteiger partial charge in [-0.15, -0.1) is 0 Å². The average molecular weight is 282 g/mol. The molecule has 1 atom stereocenters. The summed E-state index contributed by atoms with van der Waals surface area (Å²) in [7, 11) is 1.58. The normalized spacial score (nSPS) is 19.4. The van der Waals surface area contributed by atoms with Crippen molar-refractivity contribution in [3.8, 4) is 5.75 Å². The van der Waals surface area contributed by atoms with E-state index in [-0.39, 0.29) is 5.91 Å². The molecule has 104 valence electrons. The lowest BCUT2D eigenvalue weighted by Gasteiger charge is -2.31. The number of carbonyl (C=O) groups is 1. The molecule has 4 heteroatoms. The SMILES string of the molecule is COc1cc(C)c(C(=O)N2CCCC(C)C2)cc1Cl. The first-order valence-electron chi connectivity index (χ1n) is 6.66. The minimum Gasteiger partial charge on any atom is -0.495 e. The van der Waals surface area contributed by atoms with E-state index in [1.165, 1.54) is 6.42 Å².